The monoisotopic (exact) mass is 265 g/mol. The number of rotatable bonds is 6. The van der Waals surface area contributed by atoms with Crippen LogP contribution in [0.2, 0.25) is 0 Å². The number of carbonyl (C=O) groups excluding carboxylic acids is 2. The van der Waals surface area contributed by atoms with E-state index < -0.39 is 6.04 Å². The summed E-state index contributed by atoms with van der Waals surface area (Å²) in [5.41, 5.74) is 1.98. The highest BCUT2D eigenvalue weighted by molar-refractivity contribution is 5.79. The molecule has 104 valence electrons. The fourth-order valence-corrected chi connectivity index (χ4v) is 1.67. The molecule has 19 heavy (non-hydrogen) atoms. The van der Waals surface area contributed by atoms with Gasteiger partial charge in [-0.15, -0.1) is 0 Å². The number of nitrogens with one attached hydrogen (secondary N) is 1. The van der Waals surface area contributed by atoms with Crippen LogP contribution in [0, 0.1) is 6.92 Å². The second kappa shape index (κ2) is 7.53. The summed E-state index contributed by atoms with van der Waals surface area (Å²) < 4.78 is 9.41. The van der Waals surface area contributed by atoms with Crippen LogP contribution in [0.25, 0.3) is 0 Å². The van der Waals surface area contributed by atoms with Crippen molar-refractivity contribution in [3.05, 3.63) is 35.4 Å². The van der Waals surface area contributed by atoms with Gasteiger partial charge in [0, 0.05) is 7.11 Å². The summed E-state index contributed by atoms with van der Waals surface area (Å²) >= 11 is 0. The van der Waals surface area contributed by atoms with Gasteiger partial charge >= 0.3 is 5.97 Å². The maximum Gasteiger partial charge on any atom is 0.307 e. The first-order valence-electron chi connectivity index (χ1n) is 5.98. The van der Waals surface area contributed by atoms with E-state index >= 15 is 0 Å². The maximum atomic E-state index is 11.6. The van der Waals surface area contributed by atoms with E-state index in [2.05, 4.69) is 10.1 Å². The first-order valence-corrected chi connectivity index (χ1v) is 5.98. The largest absolute Gasteiger partial charge is 0.469 e. The smallest absolute Gasteiger partial charge is 0.307 e. The average Bonchev–Trinajstić information content (AvgIpc) is 2.39. The maximum absolute atomic E-state index is 11.6. The molecule has 0 radical (unpaired) electrons. The Labute approximate surface area is 112 Å². The predicted molar refractivity (Wildman–Crippen MR) is 70.6 cm³/mol. The SMILES string of the molecule is COCC(=O)NC(CC(=O)OC)c1ccc(C)cc1. The minimum atomic E-state index is -0.407. The average molecular weight is 265 g/mol. The van der Waals surface area contributed by atoms with Gasteiger partial charge in [0.15, 0.2) is 0 Å². The minimum Gasteiger partial charge on any atom is -0.469 e. The molecule has 1 rings (SSSR count). The van der Waals surface area contributed by atoms with Gasteiger partial charge in [0.2, 0.25) is 5.91 Å². The highest BCUT2D eigenvalue weighted by atomic mass is 16.5. The topological polar surface area (TPSA) is 64.6 Å². The van der Waals surface area contributed by atoms with Crippen LogP contribution in [0.3, 0.4) is 0 Å². The third-order valence-corrected chi connectivity index (χ3v) is 2.69. The molecule has 0 bridgehead atoms. The van der Waals surface area contributed by atoms with Crippen LogP contribution in [0.4, 0.5) is 0 Å². The van der Waals surface area contributed by atoms with E-state index in [1.807, 2.05) is 31.2 Å². The number of amides is 1. The second-order valence-corrected chi connectivity index (χ2v) is 4.24. The predicted octanol–water partition coefficient (Wildman–Crippen LogP) is 1.36. The Morgan fingerprint density at radius 1 is 1.21 bits per heavy atom. The number of hydrogen-bond acceptors (Lipinski definition) is 4. The van der Waals surface area contributed by atoms with E-state index in [1.165, 1.54) is 14.2 Å². The van der Waals surface area contributed by atoms with Crippen molar-refractivity contribution in [3.8, 4) is 0 Å². The minimum absolute atomic E-state index is 0.0382. The van der Waals surface area contributed by atoms with E-state index in [1.54, 1.807) is 0 Å². The van der Waals surface area contributed by atoms with Gasteiger partial charge in [-0.1, -0.05) is 29.8 Å². The van der Waals surface area contributed by atoms with E-state index in [-0.39, 0.29) is 24.9 Å². The summed E-state index contributed by atoms with van der Waals surface area (Å²) in [7, 11) is 2.77. The Hall–Kier alpha value is -1.88. The fraction of sp³-hybridized carbons (Fsp3) is 0.429. The van der Waals surface area contributed by atoms with Crippen LogP contribution in [0.5, 0.6) is 0 Å². The Morgan fingerprint density at radius 2 is 1.84 bits per heavy atom. The van der Waals surface area contributed by atoms with Crippen molar-refractivity contribution in [2.75, 3.05) is 20.8 Å². The molecule has 1 N–H and O–H groups in total. The third kappa shape index (κ3) is 5.09. The first kappa shape index (κ1) is 15.2. The Balaban J connectivity index is 2.82. The van der Waals surface area contributed by atoms with Gasteiger partial charge in [0.05, 0.1) is 19.6 Å². The lowest BCUT2D eigenvalue weighted by Crippen LogP contribution is -2.32. The van der Waals surface area contributed by atoms with Gasteiger partial charge < -0.3 is 14.8 Å². The van der Waals surface area contributed by atoms with Crippen molar-refractivity contribution < 1.29 is 19.1 Å². The number of hydrogen-bond donors (Lipinski definition) is 1. The molecular weight excluding hydrogens is 246 g/mol. The molecule has 0 heterocycles. The lowest BCUT2D eigenvalue weighted by atomic mass is 10.0. The van der Waals surface area contributed by atoms with Crippen molar-refractivity contribution in [2.45, 2.75) is 19.4 Å². The zero-order valence-corrected chi connectivity index (χ0v) is 11.4. The molecule has 5 heteroatoms. The number of carbonyl (C=O) groups is 2. The van der Waals surface area contributed by atoms with Crippen LogP contribution >= 0.6 is 0 Å². The number of methoxy groups -OCH3 is 2. The van der Waals surface area contributed by atoms with Gasteiger partial charge in [0.25, 0.3) is 0 Å². The van der Waals surface area contributed by atoms with Crippen LogP contribution in [0.1, 0.15) is 23.6 Å². The summed E-state index contributed by atoms with van der Waals surface area (Å²) in [5.74, 6) is -0.639. The van der Waals surface area contributed by atoms with E-state index in [9.17, 15) is 9.59 Å². The van der Waals surface area contributed by atoms with Gasteiger partial charge in [-0.3, -0.25) is 9.59 Å². The molecule has 1 aromatic rings. The summed E-state index contributed by atoms with van der Waals surface area (Å²) in [4.78, 5) is 23.0. The molecule has 0 aliphatic rings. The van der Waals surface area contributed by atoms with Crippen molar-refractivity contribution in [2.24, 2.45) is 0 Å². The number of esters is 1. The van der Waals surface area contributed by atoms with E-state index in [0.29, 0.717) is 0 Å². The molecule has 0 aliphatic carbocycles. The molecule has 0 spiro atoms. The molecular formula is C14H19NO4. The lowest BCUT2D eigenvalue weighted by Gasteiger charge is -2.18. The Morgan fingerprint density at radius 3 is 2.37 bits per heavy atom. The highest BCUT2D eigenvalue weighted by Gasteiger charge is 2.18. The highest BCUT2D eigenvalue weighted by Crippen LogP contribution is 2.18. The molecule has 1 amide bonds. The molecule has 1 aromatic carbocycles. The third-order valence-electron chi connectivity index (χ3n) is 2.69. The Bertz CT molecular complexity index is 428. The lowest BCUT2D eigenvalue weighted by molar-refractivity contribution is -0.141. The van der Waals surface area contributed by atoms with Crippen molar-refractivity contribution in [3.63, 3.8) is 0 Å². The molecule has 0 saturated heterocycles. The number of ether oxygens (including phenoxy) is 2. The molecule has 0 fully saturated rings. The molecule has 0 aliphatic heterocycles. The van der Waals surface area contributed by atoms with Crippen LogP contribution in [-0.4, -0.2) is 32.7 Å². The van der Waals surface area contributed by atoms with Gasteiger partial charge in [-0.25, -0.2) is 0 Å². The zero-order chi connectivity index (χ0) is 14.3. The Kier molecular flexibility index (Phi) is 6.02. The summed E-state index contributed by atoms with van der Waals surface area (Å²) in [6, 6.07) is 7.23. The molecule has 0 saturated carbocycles. The summed E-state index contributed by atoms with van der Waals surface area (Å²) in [6.07, 6.45) is 0.0923. The molecule has 1 unspecified atom stereocenters. The second-order valence-electron chi connectivity index (χ2n) is 4.24. The van der Waals surface area contributed by atoms with Crippen molar-refractivity contribution in [1.82, 2.24) is 5.32 Å². The van der Waals surface area contributed by atoms with Gasteiger partial charge in [-0.2, -0.15) is 0 Å². The van der Waals surface area contributed by atoms with Gasteiger partial charge in [-0.05, 0) is 12.5 Å². The fourth-order valence-electron chi connectivity index (χ4n) is 1.67. The van der Waals surface area contributed by atoms with Crippen molar-refractivity contribution in [1.29, 1.82) is 0 Å². The standard InChI is InChI=1S/C14H19NO4/c1-10-4-6-11(7-5-10)12(8-14(17)19-3)15-13(16)9-18-2/h4-7,12H,8-9H2,1-3H3,(H,15,16). The molecule has 1 atom stereocenters. The van der Waals surface area contributed by atoms with E-state index in [0.717, 1.165) is 11.1 Å². The van der Waals surface area contributed by atoms with Crippen LogP contribution < -0.4 is 5.32 Å². The summed E-state index contributed by atoms with van der Waals surface area (Å²) in [5, 5.41) is 2.75. The number of benzene rings is 1. The zero-order valence-electron chi connectivity index (χ0n) is 11.4. The quantitative estimate of drug-likeness (QED) is 0.789. The van der Waals surface area contributed by atoms with Crippen LogP contribution in [0.15, 0.2) is 24.3 Å². The molecule has 5 nitrogen and oxygen atoms in total. The molecule has 0 aromatic heterocycles. The van der Waals surface area contributed by atoms with Gasteiger partial charge in [0.1, 0.15) is 6.61 Å². The van der Waals surface area contributed by atoms with E-state index in [4.69, 9.17) is 4.74 Å². The van der Waals surface area contributed by atoms with Crippen molar-refractivity contribution >= 4 is 11.9 Å². The summed E-state index contributed by atoms with van der Waals surface area (Å²) in [6.45, 7) is 1.94. The number of aryl methyl sites for hydroxylation is 1. The normalized spacial score (nSPS) is 11.7. The van der Waals surface area contributed by atoms with Crippen LogP contribution in [-0.2, 0) is 19.1 Å². The first-order chi connectivity index (χ1) is 9.06.